The van der Waals surface area contributed by atoms with Crippen LogP contribution in [0.25, 0.3) is 0 Å². The Balaban J connectivity index is 1.50. The number of hydrogen-bond donors (Lipinski definition) is 0. The van der Waals surface area contributed by atoms with Gasteiger partial charge in [0.1, 0.15) is 11.7 Å². The fourth-order valence-corrected chi connectivity index (χ4v) is 1.96. The molecule has 0 radical (unpaired) electrons. The molecule has 1 aromatic rings. The molecule has 0 saturated carbocycles. The third-order valence-corrected chi connectivity index (χ3v) is 3.27. The van der Waals surface area contributed by atoms with Crippen LogP contribution in [0.3, 0.4) is 0 Å². The number of aryl methyl sites for hydroxylation is 1. The first-order valence-electron chi connectivity index (χ1n) is 6.15. The van der Waals surface area contributed by atoms with E-state index < -0.39 is 0 Å². The van der Waals surface area contributed by atoms with Gasteiger partial charge in [-0.15, -0.1) is 0 Å². The van der Waals surface area contributed by atoms with Gasteiger partial charge in [-0.3, -0.25) is 0 Å². The van der Waals surface area contributed by atoms with Crippen LogP contribution < -0.4 is 0 Å². The van der Waals surface area contributed by atoms with E-state index in [4.69, 9.17) is 14.2 Å². The minimum absolute atomic E-state index is 0.0653. The van der Waals surface area contributed by atoms with E-state index in [2.05, 4.69) is 31.2 Å². The van der Waals surface area contributed by atoms with Crippen molar-refractivity contribution in [2.45, 2.75) is 25.0 Å². The molecule has 2 unspecified atom stereocenters. The number of rotatable bonds is 6. The smallest absolute Gasteiger partial charge is 0.119 e. The summed E-state index contributed by atoms with van der Waals surface area (Å²) in [5.74, 6) is 0. The van der Waals surface area contributed by atoms with Crippen LogP contribution in [0.2, 0.25) is 0 Å². The van der Waals surface area contributed by atoms with Crippen LogP contribution in [0.15, 0.2) is 24.3 Å². The number of ether oxygens (including phenoxy) is 3. The Morgan fingerprint density at radius 3 is 2.65 bits per heavy atom. The van der Waals surface area contributed by atoms with Gasteiger partial charge in [-0.05, 0) is 12.5 Å². The molecule has 0 aromatic heterocycles. The zero-order valence-electron chi connectivity index (χ0n) is 10.1. The maximum atomic E-state index is 5.63. The van der Waals surface area contributed by atoms with E-state index in [0.29, 0.717) is 19.3 Å². The highest BCUT2D eigenvalue weighted by molar-refractivity contribution is 5.24. The summed E-state index contributed by atoms with van der Waals surface area (Å²) in [6, 6.07) is 8.63. The normalized spacial score (nSPS) is 30.3. The van der Waals surface area contributed by atoms with Crippen molar-refractivity contribution in [2.24, 2.45) is 0 Å². The van der Waals surface area contributed by atoms with E-state index in [1.165, 1.54) is 11.1 Å². The maximum Gasteiger partial charge on any atom is 0.119 e. The van der Waals surface area contributed by atoms with Gasteiger partial charge < -0.3 is 14.2 Å². The Labute approximate surface area is 102 Å². The topological polar surface area (TPSA) is 34.3 Å². The lowest BCUT2D eigenvalue weighted by molar-refractivity contribution is 0.0680. The van der Waals surface area contributed by atoms with Crippen LogP contribution in [-0.4, -0.2) is 38.1 Å². The summed E-state index contributed by atoms with van der Waals surface area (Å²) in [4.78, 5) is 0. The second-order valence-corrected chi connectivity index (χ2v) is 5.10. The Bertz CT molecular complexity index is 377. The zero-order chi connectivity index (χ0) is 11.7. The zero-order valence-corrected chi connectivity index (χ0v) is 10.1. The van der Waals surface area contributed by atoms with E-state index in [1.807, 2.05) is 0 Å². The molecule has 3 rings (SSSR count). The predicted molar refractivity (Wildman–Crippen MR) is 64.1 cm³/mol. The van der Waals surface area contributed by atoms with E-state index in [0.717, 1.165) is 19.6 Å². The molecule has 0 amide bonds. The lowest BCUT2D eigenvalue weighted by atomic mass is 10.00. The largest absolute Gasteiger partial charge is 0.376 e. The summed E-state index contributed by atoms with van der Waals surface area (Å²) in [7, 11) is 0. The first kappa shape index (κ1) is 11.2. The predicted octanol–water partition coefficient (Wildman–Crippen LogP) is 1.72. The Morgan fingerprint density at radius 1 is 1.35 bits per heavy atom. The molecule has 17 heavy (non-hydrogen) atoms. The van der Waals surface area contributed by atoms with Crippen molar-refractivity contribution in [2.75, 3.05) is 26.4 Å². The summed E-state index contributed by atoms with van der Waals surface area (Å²) in [5, 5.41) is 0. The molecule has 0 N–H and O–H groups in total. The molecule has 2 aliphatic rings. The van der Waals surface area contributed by atoms with Crippen LogP contribution >= 0.6 is 0 Å². The first-order chi connectivity index (χ1) is 8.26. The minimum atomic E-state index is -0.0653. The number of benzene rings is 1. The molecule has 2 heterocycles. The highest BCUT2D eigenvalue weighted by atomic mass is 16.6. The molecule has 0 spiro atoms. The van der Waals surface area contributed by atoms with E-state index in [-0.39, 0.29) is 5.60 Å². The Kier molecular flexibility index (Phi) is 2.90. The molecule has 0 bridgehead atoms. The van der Waals surface area contributed by atoms with Crippen molar-refractivity contribution in [3.05, 3.63) is 35.4 Å². The standard InChI is InChI=1S/C14H18O3/c1-11-2-4-12(5-3-11)6-14(10-17-14)9-15-7-13-8-16-13/h2-5,13H,6-10H2,1H3. The summed E-state index contributed by atoms with van der Waals surface area (Å²) >= 11 is 0. The van der Waals surface area contributed by atoms with Crippen molar-refractivity contribution in [1.82, 2.24) is 0 Å². The van der Waals surface area contributed by atoms with Gasteiger partial charge in [0, 0.05) is 6.42 Å². The van der Waals surface area contributed by atoms with Crippen molar-refractivity contribution in [3.63, 3.8) is 0 Å². The van der Waals surface area contributed by atoms with Crippen LogP contribution in [-0.2, 0) is 20.6 Å². The average molecular weight is 234 g/mol. The summed E-state index contributed by atoms with van der Waals surface area (Å²) in [5.41, 5.74) is 2.55. The van der Waals surface area contributed by atoms with Crippen LogP contribution in [0.1, 0.15) is 11.1 Å². The third-order valence-electron chi connectivity index (χ3n) is 3.27. The molecule has 2 aliphatic heterocycles. The molecule has 0 aliphatic carbocycles. The quantitative estimate of drug-likeness (QED) is 0.703. The Morgan fingerprint density at radius 2 is 2.06 bits per heavy atom. The summed E-state index contributed by atoms with van der Waals surface area (Å²) in [6.07, 6.45) is 1.28. The summed E-state index contributed by atoms with van der Waals surface area (Å²) in [6.45, 7) is 5.16. The second kappa shape index (κ2) is 4.41. The SMILES string of the molecule is Cc1ccc(CC2(COCC3CO3)CO2)cc1. The van der Waals surface area contributed by atoms with Gasteiger partial charge in [-0.1, -0.05) is 29.8 Å². The lowest BCUT2D eigenvalue weighted by Crippen LogP contribution is -2.23. The molecule has 1 aromatic carbocycles. The van der Waals surface area contributed by atoms with Crippen molar-refractivity contribution in [3.8, 4) is 0 Å². The van der Waals surface area contributed by atoms with Gasteiger partial charge in [0.25, 0.3) is 0 Å². The molecule has 92 valence electrons. The van der Waals surface area contributed by atoms with Gasteiger partial charge in [-0.25, -0.2) is 0 Å². The minimum Gasteiger partial charge on any atom is -0.376 e. The number of epoxide rings is 2. The van der Waals surface area contributed by atoms with E-state index >= 15 is 0 Å². The average Bonchev–Trinajstić information content (AvgIpc) is 3.20. The van der Waals surface area contributed by atoms with Gasteiger partial charge >= 0.3 is 0 Å². The second-order valence-electron chi connectivity index (χ2n) is 5.10. The van der Waals surface area contributed by atoms with Crippen molar-refractivity contribution in [1.29, 1.82) is 0 Å². The molecule has 2 fully saturated rings. The molecular weight excluding hydrogens is 216 g/mol. The molecule has 3 heteroatoms. The van der Waals surface area contributed by atoms with Crippen LogP contribution in [0.4, 0.5) is 0 Å². The monoisotopic (exact) mass is 234 g/mol. The van der Waals surface area contributed by atoms with Gasteiger partial charge in [-0.2, -0.15) is 0 Å². The van der Waals surface area contributed by atoms with Gasteiger partial charge in [0.15, 0.2) is 0 Å². The van der Waals surface area contributed by atoms with E-state index in [1.54, 1.807) is 0 Å². The number of hydrogen-bond acceptors (Lipinski definition) is 3. The fourth-order valence-electron chi connectivity index (χ4n) is 1.96. The van der Waals surface area contributed by atoms with Gasteiger partial charge in [0.2, 0.25) is 0 Å². The molecular formula is C14H18O3. The highest BCUT2D eigenvalue weighted by Crippen LogP contribution is 2.32. The third kappa shape index (κ3) is 3.06. The van der Waals surface area contributed by atoms with Crippen LogP contribution in [0.5, 0.6) is 0 Å². The Hall–Kier alpha value is -0.900. The highest BCUT2D eigenvalue weighted by Gasteiger charge is 2.45. The van der Waals surface area contributed by atoms with E-state index in [9.17, 15) is 0 Å². The van der Waals surface area contributed by atoms with Crippen molar-refractivity contribution < 1.29 is 14.2 Å². The molecule has 2 atom stereocenters. The maximum absolute atomic E-state index is 5.63. The fraction of sp³-hybridized carbons (Fsp3) is 0.571. The lowest BCUT2D eigenvalue weighted by Gasteiger charge is -2.12. The molecule has 2 saturated heterocycles. The molecule has 3 nitrogen and oxygen atoms in total. The van der Waals surface area contributed by atoms with Gasteiger partial charge in [0.05, 0.1) is 26.4 Å². The summed E-state index contributed by atoms with van der Waals surface area (Å²) < 4.78 is 16.3. The van der Waals surface area contributed by atoms with Crippen LogP contribution in [0, 0.1) is 6.92 Å². The van der Waals surface area contributed by atoms with Crippen molar-refractivity contribution >= 4 is 0 Å². The first-order valence-corrected chi connectivity index (χ1v) is 6.15.